The van der Waals surface area contributed by atoms with Gasteiger partial charge in [0.1, 0.15) is 5.82 Å². The maximum Gasteiger partial charge on any atom is 0.261 e. The van der Waals surface area contributed by atoms with Gasteiger partial charge in [0.2, 0.25) is 0 Å². The first kappa shape index (κ1) is 26.0. The number of aryl methyl sites for hydroxylation is 2. The second kappa shape index (κ2) is 10.4. The smallest absolute Gasteiger partial charge is 0.261 e. The van der Waals surface area contributed by atoms with Gasteiger partial charge in [-0.1, -0.05) is 32.9 Å². The van der Waals surface area contributed by atoms with E-state index < -0.39 is 0 Å². The molecule has 7 rings (SSSR count). The predicted octanol–water partition coefficient (Wildman–Crippen LogP) is 4.52. The number of aliphatic imine (C=N–C) groups is 1. The molecule has 7 nitrogen and oxygen atoms in total. The van der Waals surface area contributed by atoms with Crippen LogP contribution in [0.1, 0.15) is 39.2 Å². The van der Waals surface area contributed by atoms with Crippen molar-refractivity contribution in [1.29, 1.82) is 0 Å². The van der Waals surface area contributed by atoms with Crippen LogP contribution in [0.3, 0.4) is 0 Å². The summed E-state index contributed by atoms with van der Waals surface area (Å²) in [5.41, 5.74) is 2.91. The number of fused-ring (bicyclic) bond motifs is 3. The van der Waals surface area contributed by atoms with Gasteiger partial charge in [0.05, 0.1) is 23.3 Å². The number of benzene rings is 2. The number of anilines is 1. The molecule has 1 unspecified atom stereocenters. The normalized spacial score (nSPS) is 26.4. The molecule has 1 aliphatic heterocycles. The van der Waals surface area contributed by atoms with Crippen LogP contribution in [-0.4, -0.2) is 52.6 Å². The van der Waals surface area contributed by atoms with E-state index in [1.807, 2.05) is 18.2 Å². The molecule has 2 bridgehead atoms. The van der Waals surface area contributed by atoms with Crippen molar-refractivity contribution in [3.8, 4) is 0 Å². The van der Waals surface area contributed by atoms with Crippen molar-refractivity contribution in [2.75, 3.05) is 31.5 Å². The van der Waals surface area contributed by atoms with E-state index in [1.54, 1.807) is 23.0 Å². The van der Waals surface area contributed by atoms with Crippen molar-refractivity contribution in [1.82, 2.24) is 19.8 Å². The summed E-state index contributed by atoms with van der Waals surface area (Å²) < 4.78 is 14.8. The molecule has 3 saturated carbocycles. The van der Waals surface area contributed by atoms with Crippen molar-refractivity contribution in [3.63, 3.8) is 0 Å². The first-order valence-electron chi connectivity index (χ1n) is 14.3. The molecule has 0 amide bonds. The molecule has 2 aromatic carbocycles. The number of rotatable bonds is 5. The minimum Gasteiger partial charge on any atom is -0.340 e. The van der Waals surface area contributed by atoms with Crippen LogP contribution >= 0.6 is 0 Å². The van der Waals surface area contributed by atoms with Gasteiger partial charge in [0, 0.05) is 38.4 Å². The quantitative estimate of drug-likeness (QED) is 0.375. The molecule has 4 aliphatic rings. The summed E-state index contributed by atoms with van der Waals surface area (Å²) in [5.74, 6) is 2.73. The van der Waals surface area contributed by atoms with Crippen LogP contribution in [0.5, 0.6) is 0 Å². The lowest BCUT2D eigenvalue weighted by Crippen LogP contribution is -2.57. The fourth-order valence-electron chi connectivity index (χ4n) is 6.94. The number of piperazine rings is 1. The topological polar surface area (TPSA) is 74.5 Å². The van der Waals surface area contributed by atoms with Gasteiger partial charge >= 0.3 is 0 Å². The van der Waals surface area contributed by atoms with Crippen LogP contribution in [0.25, 0.3) is 10.9 Å². The third-order valence-electron chi connectivity index (χ3n) is 9.65. The van der Waals surface area contributed by atoms with E-state index in [0.29, 0.717) is 41.2 Å². The van der Waals surface area contributed by atoms with E-state index >= 15 is 0 Å². The average molecular weight is 531 g/mol. The van der Waals surface area contributed by atoms with E-state index in [1.165, 1.54) is 18.6 Å². The number of hydrogen-bond donors (Lipinski definition) is 2. The van der Waals surface area contributed by atoms with E-state index in [0.717, 1.165) is 61.6 Å². The zero-order valence-electron chi connectivity index (χ0n) is 23.2. The number of halogens is 1. The van der Waals surface area contributed by atoms with E-state index in [4.69, 9.17) is 4.99 Å². The Morgan fingerprint density at radius 2 is 1.92 bits per heavy atom. The van der Waals surface area contributed by atoms with E-state index in [-0.39, 0.29) is 11.4 Å². The summed E-state index contributed by atoms with van der Waals surface area (Å²) in [6.07, 6.45) is 4.74. The molecule has 1 saturated heterocycles. The standard InChI is InChI=1S/C31H39FN6O/c1-20-26-16-22(31(26,2)3)17-27(20)36-30(37-14-11-33-12-15-37)35-24-8-9-25-28(18-24)34-19-38(29(25)39)13-10-21-4-6-23(32)7-5-21/h4-9,18-20,22,26-27,33H,10-17H2,1-3H3,(H,35,36)/t20-,22+,26-,27?/m0/s1. The second-order valence-corrected chi connectivity index (χ2v) is 12.2. The summed E-state index contributed by atoms with van der Waals surface area (Å²) in [7, 11) is 0. The van der Waals surface area contributed by atoms with Crippen molar-refractivity contribution in [3.05, 3.63) is 70.5 Å². The molecule has 39 heavy (non-hydrogen) atoms. The van der Waals surface area contributed by atoms with E-state index in [2.05, 4.69) is 41.3 Å². The Morgan fingerprint density at radius 3 is 2.64 bits per heavy atom. The van der Waals surface area contributed by atoms with Gasteiger partial charge in [-0.25, -0.2) is 14.4 Å². The minimum absolute atomic E-state index is 0.0671. The molecule has 0 spiro atoms. The fraction of sp³-hybridized carbons (Fsp3) is 0.516. The largest absolute Gasteiger partial charge is 0.340 e. The lowest BCUT2D eigenvalue weighted by atomic mass is 9.45. The maximum atomic E-state index is 13.2. The van der Waals surface area contributed by atoms with Gasteiger partial charge < -0.3 is 15.5 Å². The van der Waals surface area contributed by atoms with Gasteiger partial charge in [0.15, 0.2) is 5.96 Å². The van der Waals surface area contributed by atoms with Crippen LogP contribution < -0.4 is 16.2 Å². The lowest BCUT2D eigenvalue weighted by Gasteiger charge is -2.61. The lowest BCUT2D eigenvalue weighted by molar-refractivity contribution is -0.108. The molecule has 8 heteroatoms. The van der Waals surface area contributed by atoms with Crippen LogP contribution in [-0.2, 0) is 13.0 Å². The van der Waals surface area contributed by atoms with Crippen molar-refractivity contribution < 1.29 is 4.39 Å². The zero-order valence-corrected chi connectivity index (χ0v) is 23.2. The Labute approximate surface area is 229 Å². The van der Waals surface area contributed by atoms with Gasteiger partial charge in [-0.3, -0.25) is 9.36 Å². The first-order valence-corrected chi connectivity index (χ1v) is 14.3. The Balaban J connectivity index is 1.22. The fourth-order valence-corrected chi connectivity index (χ4v) is 6.94. The van der Waals surface area contributed by atoms with E-state index in [9.17, 15) is 9.18 Å². The minimum atomic E-state index is -0.258. The zero-order chi connectivity index (χ0) is 27.1. The summed E-state index contributed by atoms with van der Waals surface area (Å²) in [5, 5.41) is 7.64. The van der Waals surface area contributed by atoms with Crippen LogP contribution in [0.2, 0.25) is 0 Å². The monoisotopic (exact) mass is 530 g/mol. The number of aromatic nitrogens is 2. The molecule has 0 radical (unpaired) electrons. The first-order chi connectivity index (χ1) is 18.8. The van der Waals surface area contributed by atoms with Gasteiger partial charge in [-0.15, -0.1) is 0 Å². The third kappa shape index (κ3) is 5.07. The highest BCUT2D eigenvalue weighted by Crippen LogP contribution is 2.61. The summed E-state index contributed by atoms with van der Waals surface area (Å²) in [6, 6.07) is 12.5. The molecule has 1 aromatic heterocycles. The molecule has 2 N–H and O–H groups in total. The Kier molecular flexibility index (Phi) is 6.91. The van der Waals surface area contributed by atoms with Crippen molar-refractivity contribution >= 4 is 22.5 Å². The predicted molar refractivity (Wildman–Crippen MR) is 155 cm³/mol. The van der Waals surface area contributed by atoms with Crippen molar-refractivity contribution in [2.45, 2.75) is 52.6 Å². The highest BCUT2D eigenvalue weighted by Gasteiger charge is 2.56. The number of nitrogens with zero attached hydrogens (tertiary/aromatic N) is 4. The molecule has 206 valence electrons. The summed E-state index contributed by atoms with van der Waals surface area (Å²) >= 11 is 0. The Bertz CT molecular complexity index is 1430. The summed E-state index contributed by atoms with van der Waals surface area (Å²) in [6.45, 7) is 11.4. The maximum absolute atomic E-state index is 13.2. The van der Waals surface area contributed by atoms with Gasteiger partial charge in [-0.2, -0.15) is 0 Å². The average Bonchev–Trinajstić information content (AvgIpc) is 2.94. The molecule has 3 aromatic rings. The van der Waals surface area contributed by atoms with Crippen LogP contribution in [0, 0.1) is 29.0 Å². The highest BCUT2D eigenvalue weighted by molar-refractivity contribution is 5.96. The summed E-state index contributed by atoms with van der Waals surface area (Å²) in [4.78, 5) is 25.5. The Morgan fingerprint density at radius 1 is 1.15 bits per heavy atom. The van der Waals surface area contributed by atoms with Crippen LogP contribution in [0.4, 0.5) is 10.1 Å². The highest BCUT2D eigenvalue weighted by atomic mass is 19.1. The number of nitrogens with one attached hydrogen (secondary N) is 2. The molecule has 2 heterocycles. The molecular formula is C31H39FN6O. The van der Waals surface area contributed by atoms with Gasteiger partial charge in [0.25, 0.3) is 5.56 Å². The van der Waals surface area contributed by atoms with Crippen molar-refractivity contribution in [2.24, 2.45) is 28.2 Å². The number of guanidine groups is 1. The Hall–Kier alpha value is -3.26. The molecule has 4 atom stereocenters. The second-order valence-electron chi connectivity index (χ2n) is 12.2. The third-order valence-corrected chi connectivity index (χ3v) is 9.65. The van der Waals surface area contributed by atoms with Gasteiger partial charge in [-0.05, 0) is 78.3 Å². The molecule has 3 aliphatic carbocycles. The SMILES string of the molecule is C[C@@H]1C(/N=C(/Nc2ccc3c(=O)n(CCc4ccc(F)cc4)cnc3c2)N2CCNCC2)C[C@H]2C[C@@H]1C2(C)C. The molecular weight excluding hydrogens is 491 g/mol. The molecule has 4 fully saturated rings. The van der Waals surface area contributed by atoms with Crippen LogP contribution in [0.15, 0.2) is 58.6 Å². The number of hydrogen-bond acceptors (Lipinski definition) is 4.